The van der Waals surface area contributed by atoms with Gasteiger partial charge in [0.25, 0.3) is 0 Å². The smallest absolute Gasteiger partial charge is 0.396 e. The molecule has 3 N–H and O–H groups in total. The number of halogens is 3. The summed E-state index contributed by atoms with van der Waals surface area (Å²) in [5.74, 6) is -0.0548. The number of phosphoric ester groups is 1. The van der Waals surface area contributed by atoms with Gasteiger partial charge >= 0.3 is 13.0 Å². The lowest BCUT2D eigenvalue weighted by Gasteiger charge is -2.33. The minimum atomic E-state index is -3.22. The summed E-state index contributed by atoms with van der Waals surface area (Å²) in [5.41, 5.74) is 0. The van der Waals surface area contributed by atoms with Gasteiger partial charge in [0.05, 0.1) is 39.6 Å². The molecule has 3 heterocycles. The van der Waals surface area contributed by atoms with Gasteiger partial charge in [-0.15, -0.1) is 0 Å². The molecule has 0 aromatic carbocycles. The lowest BCUT2D eigenvalue weighted by Crippen LogP contribution is -2.31. The Labute approximate surface area is 136 Å². The van der Waals surface area contributed by atoms with Crippen LogP contribution in [0.3, 0.4) is 0 Å². The molecule has 3 fully saturated rings. The van der Waals surface area contributed by atoms with Crippen LogP contribution in [0.4, 0.5) is 0 Å². The third kappa shape index (κ3) is 12.2. The molecule has 3 rings (SSSR count). The van der Waals surface area contributed by atoms with Crippen LogP contribution in [0, 0.1) is 11.8 Å². The van der Waals surface area contributed by atoms with Gasteiger partial charge in [-0.25, -0.2) is 4.57 Å². The molecule has 3 saturated heterocycles. The first kappa shape index (κ1) is 22.1. The highest BCUT2D eigenvalue weighted by molar-refractivity contribution is 8.24. The standard InChI is InChI=1S/C4H7O4P.C4H10O3.Cl3OP/c5-9-6-1-4(2-7-9)3-8-9;5-1-4(2-6)3-7;1-5(2,3)4/h4H,1-3H2;4-7H,1-3H2;. The summed E-state index contributed by atoms with van der Waals surface area (Å²) in [7, 11) is -3.03. The Kier molecular flexibility index (Phi) is 11.3. The van der Waals surface area contributed by atoms with Gasteiger partial charge in [0.15, 0.2) is 0 Å². The molecule has 0 aliphatic carbocycles. The molecule has 21 heavy (non-hydrogen) atoms. The van der Waals surface area contributed by atoms with Gasteiger partial charge in [0.2, 0.25) is 0 Å². The third-order valence-electron chi connectivity index (χ3n) is 2.18. The second-order valence-electron chi connectivity index (χ2n) is 4.01. The third-order valence-corrected chi connectivity index (χ3v) is 3.58. The molecule has 3 aliphatic rings. The van der Waals surface area contributed by atoms with Crippen molar-refractivity contribution in [1.29, 1.82) is 0 Å². The average Bonchev–Trinajstić information content (AvgIpc) is 2.40. The summed E-state index contributed by atoms with van der Waals surface area (Å²) in [6, 6.07) is 0. The highest BCUT2D eigenvalue weighted by Crippen LogP contribution is 2.61. The Morgan fingerprint density at radius 2 is 1.29 bits per heavy atom. The van der Waals surface area contributed by atoms with Crippen LogP contribution in [0.2, 0.25) is 0 Å². The van der Waals surface area contributed by atoms with E-state index < -0.39 is 13.0 Å². The molecule has 2 bridgehead atoms. The first-order chi connectivity index (χ1) is 9.63. The van der Waals surface area contributed by atoms with Crippen LogP contribution in [0.15, 0.2) is 0 Å². The van der Waals surface area contributed by atoms with Gasteiger partial charge in [0, 0.05) is 11.8 Å². The van der Waals surface area contributed by atoms with Crippen molar-refractivity contribution in [3.8, 4) is 0 Å². The quantitative estimate of drug-likeness (QED) is 0.606. The molecule has 0 amide bonds. The van der Waals surface area contributed by atoms with Gasteiger partial charge in [-0.3, -0.25) is 18.1 Å². The molecule has 0 spiro atoms. The maximum absolute atomic E-state index is 11.0. The van der Waals surface area contributed by atoms with Gasteiger partial charge in [-0.2, -0.15) is 0 Å². The van der Waals surface area contributed by atoms with E-state index in [2.05, 4.69) is 33.7 Å². The van der Waals surface area contributed by atoms with Crippen molar-refractivity contribution in [3.05, 3.63) is 0 Å². The molecule has 0 aromatic rings. The first-order valence-electron chi connectivity index (χ1n) is 5.68. The van der Waals surface area contributed by atoms with Crippen molar-refractivity contribution in [1.82, 2.24) is 0 Å². The fraction of sp³-hybridized carbons (Fsp3) is 1.00. The summed E-state index contributed by atoms with van der Waals surface area (Å²) in [5, 5.41) is 21.4. The molecular weight excluding hydrogens is 392 g/mol. The second kappa shape index (κ2) is 10.8. The number of hydrogen-bond donors (Lipinski definition) is 3. The normalized spacial score (nSPS) is 27.5. The van der Waals surface area contributed by atoms with Crippen LogP contribution in [0.25, 0.3) is 0 Å². The minimum Gasteiger partial charge on any atom is -0.396 e. The predicted octanol–water partition coefficient (Wildman–Crippen LogP) is 2.18. The lowest BCUT2D eigenvalue weighted by atomic mass is 10.2. The van der Waals surface area contributed by atoms with E-state index in [4.69, 9.17) is 28.9 Å². The second-order valence-corrected chi connectivity index (χ2v) is 12.3. The first-order valence-corrected chi connectivity index (χ1v) is 11.6. The largest absolute Gasteiger partial charge is 0.474 e. The van der Waals surface area contributed by atoms with E-state index in [1.54, 1.807) is 0 Å². The molecule has 3 aliphatic heterocycles. The van der Waals surface area contributed by atoms with E-state index in [9.17, 15) is 9.13 Å². The van der Waals surface area contributed by atoms with Gasteiger partial charge in [-0.1, -0.05) is 0 Å². The molecule has 128 valence electrons. The van der Waals surface area contributed by atoms with E-state index in [0.717, 1.165) is 0 Å². The molecule has 0 unspecified atom stereocenters. The van der Waals surface area contributed by atoms with Crippen LogP contribution in [0.5, 0.6) is 0 Å². The van der Waals surface area contributed by atoms with E-state index in [-0.39, 0.29) is 25.7 Å². The lowest BCUT2D eigenvalue weighted by molar-refractivity contribution is -0.0306. The zero-order chi connectivity index (χ0) is 16.5. The van der Waals surface area contributed by atoms with Crippen LogP contribution in [-0.4, -0.2) is 55.0 Å². The fourth-order valence-electron chi connectivity index (χ4n) is 1.02. The van der Waals surface area contributed by atoms with E-state index in [0.29, 0.717) is 25.7 Å². The Morgan fingerprint density at radius 1 is 1.00 bits per heavy atom. The van der Waals surface area contributed by atoms with E-state index in [1.807, 2.05) is 0 Å². The van der Waals surface area contributed by atoms with E-state index >= 15 is 0 Å². The molecule has 0 atom stereocenters. The number of phosphoric acid groups is 1. The minimum absolute atomic E-state index is 0.146. The van der Waals surface area contributed by atoms with Crippen molar-refractivity contribution in [2.24, 2.45) is 11.8 Å². The topological polar surface area (TPSA) is 123 Å². The van der Waals surface area contributed by atoms with Gasteiger partial charge < -0.3 is 15.3 Å². The molecule has 0 radical (unpaired) electrons. The van der Waals surface area contributed by atoms with Crippen molar-refractivity contribution < 1.29 is 38.0 Å². The predicted molar refractivity (Wildman–Crippen MR) is 78.9 cm³/mol. The Balaban J connectivity index is 0.000000302. The summed E-state index contributed by atoms with van der Waals surface area (Å²) in [6.45, 7) is 1.14. The van der Waals surface area contributed by atoms with Crippen molar-refractivity contribution in [2.75, 3.05) is 39.6 Å². The highest BCUT2D eigenvalue weighted by atomic mass is 36.0. The number of rotatable bonds is 3. The van der Waals surface area contributed by atoms with Gasteiger partial charge in [0.1, 0.15) is 0 Å². The average molecular weight is 410 g/mol. The van der Waals surface area contributed by atoms with Crippen LogP contribution >= 0.6 is 46.7 Å². The summed E-state index contributed by atoms with van der Waals surface area (Å²) >= 11 is 13.8. The SMILES string of the molecule is O=P(Cl)(Cl)Cl.O=P12OCC(CO1)CO2.OCC(CO)CO. The zero-order valence-corrected chi connectivity index (χ0v) is 14.9. The highest BCUT2D eigenvalue weighted by Gasteiger charge is 2.40. The Bertz CT molecular complexity index is 332. The van der Waals surface area contributed by atoms with Gasteiger partial charge in [-0.05, 0) is 33.7 Å². The van der Waals surface area contributed by atoms with Crippen molar-refractivity contribution in [2.45, 2.75) is 0 Å². The number of aliphatic hydroxyl groups is 3. The van der Waals surface area contributed by atoms with E-state index in [1.165, 1.54) is 0 Å². The maximum Gasteiger partial charge on any atom is 0.474 e. The van der Waals surface area contributed by atoms with Crippen LogP contribution < -0.4 is 0 Å². The molecular formula is C8H17Cl3O8P2. The number of fused-ring (bicyclic) bond motifs is 3. The summed E-state index contributed by atoms with van der Waals surface area (Å²) in [4.78, 5) is 0. The zero-order valence-electron chi connectivity index (χ0n) is 10.8. The molecule has 0 aromatic heterocycles. The van der Waals surface area contributed by atoms with Crippen molar-refractivity contribution in [3.63, 3.8) is 0 Å². The van der Waals surface area contributed by atoms with Crippen LogP contribution in [-0.2, 0) is 22.7 Å². The van der Waals surface area contributed by atoms with Crippen molar-refractivity contribution >= 4 is 46.7 Å². The number of aliphatic hydroxyl groups excluding tert-OH is 3. The summed E-state index contributed by atoms with van der Waals surface area (Å²) < 4.78 is 34.8. The molecule has 8 nitrogen and oxygen atoms in total. The number of hydrogen-bond acceptors (Lipinski definition) is 8. The fourth-order valence-corrected chi connectivity index (χ4v) is 2.42. The van der Waals surface area contributed by atoms with Crippen LogP contribution in [0.1, 0.15) is 0 Å². The maximum atomic E-state index is 11.0. The molecule has 0 saturated carbocycles. The molecule has 13 heteroatoms. The monoisotopic (exact) mass is 408 g/mol. The summed E-state index contributed by atoms with van der Waals surface area (Å²) in [6.07, 6.45) is 0. The Hall–Kier alpha value is 1.09. The Morgan fingerprint density at radius 3 is 1.38 bits per heavy atom.